The zero-order valence-electron chi connectivity index (χ0n) is 9.55. The molecule has 0 saturated carbocycles. The molecule has 17 heavy (non-hydrogen) atoms. The van der Waals surface area contributed by atoms with Crippen molar-refractivity contribution >= 4 is 28.3 Å². The van der Waals surface area contributed by atoms with Gasteiger partial charge in [-0.2, -0.15) is 0 Å². The van der Waals surface area contributed by atoms with Gasteiger partial charge in [-0.15, -0.1) is 0 Å². The topological polar surface area (TPSA) is 38.1 Å². The van der Waals surface area contributed by atoms with Gasteiger partial charge in [-0.3, -0.25) is 0 Å². The van der Waals surface area contributed by atoms with Crippen molar-refractivity contribution in [1.82, 2.24) is 5.16 Å². The molecular formula is C12H12FIN2O. The molecule has 0 spiro atoms. The van der Waals surface area contributed by atoms with E-state index in [0.717, 1.165) is 26.3 Å². The van der Waals surface area contributed by atoms with E-state index in [4.69, 9.17) is 4.52 Å². The summed E-state index contributed by atoms with van der Waals surface area (Å²) in [6, 6.07) is 4.67. The molecular weight excluding hydrogens is 334 g/mol. The van der Waals surface area contributed by atoms with Gasteiger partial charge in [0.15, 0.2) is 0 Å². The Morgan fingerprint density at radius 2 is 2.18 bits per heavy atom. The molecule has 0 aliphatic heterocycles. The molecule has 0 aliphatic rings. The number of nitrogens with one attached hydrogen (secondary N) is 1. The van der Waals surface area contributed by atoms with Crippen molar-refractivity contribution in [2.24, 2.45) is 0 Å². The standard InChI is InChI=1S/C12H12FIN2O/c1-7-10(8(2)17-16-7)6-15-12-4-3-9(13)5-11(12)14/h3-5,15H,6H2,1-2H3. The zero-order valence-corrected chi connectivity index (χ0v) is 11.7. The fourth-order valence-electron chi connectivity index (χ4n) is 1.57. The minimum absolute atomic E-state index is 0.225. The van der Waals surface area contributed by atoms with Gasteiger partial charge in [0.05, 0.1) is 5.69 Å². The van der Waals surface area contributed by atoms with Gasteiger partial charge in [-0.1, -0.05) is 5.16 Å². The van der Waals surface area contributed by atoms with Gasteiger partial charge in [0, 0.05) is 21.4 Å². The molecule has 1 aromatic heterocycles. The maximum absolute atomic E-state index is 12.9. The molecule has 0 atom stereocenters. The van der Waals surface area contributed by atoms with E-state index in [1.807, 2.05) is 13.8 Å². The van der Waals surface area contributed by atoms with Crippen LogP contribution in [0.25, 0.3) is 0 Å². The number of benzene rings is 1. The number of aryl methyl sites for hydroxylation is 2. The fraction of sp³-hybridized carbons (Fsp3) is 0.250. The van der Waals surface area contributed by atoms with Gasteiger partial charge < -0.3 is 9.84 Å². The third kappa shape index (κ3) is 2.77. The third-order valence-corrected chi connectivity index (χ3v) is 3.46. The molecule has 5 heteroatoms. The van der Waals surface area contributed by atoms with E-state index >= 15 is 0 Å². The van der Waals surface area contributed by atoms with Gasteiger partial charge in [-0.05, 0) is 54.6 Å². The quantitative estimate of drug-likeness (QED) is 0.863. The van der Waals surface area contributed by atoms with Crippen molar-refractivity contribution < 1.29 is 8.91 Å². The van der Waals surface area contributed by atoms with Crippen LogP contribution in [0.3, 0.4) is 0 Å². The number of halogens is 2. The molecule has 1 aromatic carbocycles. The lowest BCUT2D eigenvalue weighted by Crippen LogP contribution is -2.03. The molecule has 0 saturated heterocycles. The lowest BCUT2D eigenvalue weighted by atomic mass is 10.2. The molecule has 2 rings (SSSR count). The molecule has 0 fully saturated rings. The third-order valence-electron chi connectivity index (χ3n) is 2.57. The Balaban J connectivity index is 2.13. The van der Waals surface area contributed by atoms with Gasteiger partial charge in [0.1, 0.15) is 11.6 Å². The van der Waals surface area contributed by atoms with Crippen molar-refractivity contribution in [2.75, 3.05) is 5.32 Å². The second-order valence-corrected chi connectivity index (χ2v) is 4.94. The maximum atomic E-state index is 12.9. The lowest BCUT2D eigenvalue weighted by molar-refractivity contribution is 0.392. The monoisotopic (exact) mass is 346 g/mol. The molecule has 0 bridgehead atoms. The highest BCUT2D eigenvalue weighted by Crippen LogP contribution is 2.21. The predicted octanol–water partition coefficient (Wildman–Crippen LogP) is 3.65. The predicted molar refractivity (Wildman–Crippen MR) is 72.4 cm³/mol. The average molecular weight is 346 g/mol. The van der Waals surface area contributed by atoms with Crippen molar-refractivity contribution in [3.05, 3.63) is 44.6 Å². The Hall–Kier alpha value is -1.11. The van der Waals surface area contributed by atoms with Crippen molar-refractivity contribution in [3.63, 3.8) is 0 Å². The number of hydrogen-bond donors (Lipinski definition) is 1. The summed E-state index contributed by atoms with van der Waals surface area (Å²) in [5.41, 5.74) is 2.84. The highest BCUT2D eigenvalue weighted by molar-refractivity contribution is 14.1. The van der Waals surface area contributed by atoms with Gasteiger partial charge in [-0.25, -0.2) is 4.39 Å². The van der Waals surface area contributed by atoms with Gasteiger partial charge in [0.25, 0.3) is 0 Å². The number of aromatic nitrogens is 1. The molecule has 1 N–H and O–H groups in total. The van der Waals surface area contributed by atoms with E-state index in [-0.39, 0.29) is 5.82 Å². The summed E-state index contributed by atoms with van der Waals surface area (Å²) in [5.74, 6) is 0.587. The number of nitrogens with zero attached hydrogens (tertiary/aromatic N) is 1. The van der Waals surface area contributed by atoms with E-state index in [9.17, 15) is 4.39 Å². The van der Waals surface area contributed by atoms with E-state index in [1.54, 1.807) is 6.07 Å². The van der Waals surface area contributed by atoms with Crippen LogP contribution in [0.2, 0.25) is 0 Å². The molecule has 0 aliphatic carbocycles. The number of rotatable bonds is 3. The summed E-state index contributed by atoms with van der Waals surface area (Å²) >= 11 is 2.10. The first-order valence-electron chi connectivity index (χ1n) is 5.18. The first-order chi connectivity index (χ1) is 8.08. The Bertz CT molecular complexity index is 520. The first kappa shape index (κ1) is 12.3. The summed E-state index contributed by atoms with van der Waals surface area (Å²) in [6.45, 7) is 4.42. The molecule has 3 nitrogen and oxygen atoms in total. The SMILES string of the molecule is Cc1noc(C)c1CNc1ccc(F)cc1I. The molecule has 0 amide bonds. The second-order valence-electron chi connectivity index (χ2n) is 3.78. The highest BCUT2D eigenvalue weighted by Gasteiger charge is 2.09. The molecule has 0 radical (unpaired) electrons. The summed E-state index contributed by atoms with van der Waals surface area (Å²) < 4.78 is 18.9. The molecule has 2 aromatic rings. The van der Waals surface area contributed by atoms with Crippen LogP contribution >= 0.6 is 22.6 Å². The first-order valence-corrected chi connectivity index (χ1v) is 6.26. The van der Waals surface area contributed by atoms with Crippen LogP contribution in [0, 0.1) is 23.2 Å². The summed E-state index contributed by atoms with van der Waals surface area (Å²) in [6.07, 6.45) is 0. The largest absolute Gasteiger partial charge is 0.380 e. The average Bonchev–Trinajstić information content (AvgIpc) is 2.58. The van der Waals surface area contributed by atoms with Crippen LogP contribution < -0.4 is 5.32 Å². The van der Waals surface area contributed by atoms with Crippen molar-refractivity contribution in [1.29, 1.82) is 0 Å². The highest BCUT2D eigenvalue weighted by atomic mass is 127. The molecule has 1 heterocycles. The van der Waals surface area contributed by atoms with Crippen LogP contribution in [-0.4, -0.2) is 5.16 Å². The van der Waals surface area contributed by atoms with E-state index in [2.05, 4.69) is 33.1 Å². The minimum Gasteiger partial charge on any atom is -0.380 e. The van der Waals surface area contributed by atoms with Crippen LogP contribution in [0.15, 0.2) is 22.7 Å². The summed E-state index contributed by atoms with van der Waals surface area (Å²) in [7, 11) is 0. The van der Waals surface area contributed by atoms with Crippen molar-refractivity contribution in [3.8, 4) is 0 Å². The van der Waals surface area contributed by atoms with Crippen LogP contribution in [0.4, 0.5) is 10.1 Å². The molecule has 0 unspecified atom stereocenters. The summed E-state index contributed by atoms with van der Waals surface area (Å²) in [4.78, 5) is 0. The van der Waals surface area contributed by atoms with Crippen LogP contribution in [0.5, 0.6) is 0 Å². The zero-order chi connectivity index (χ0) is 12.4. The maximum Gasteiger partial charge on any atom is 0.138 e. The lowest BCUT2D eigenvalue weighted by Gasteiger charge is -2.08. The number of hydrogen-bond acceptors (Lipinski definition) is 3. The van der Waals surface area contributed by atoms with E-state index < -0.39 is 0 Å². The Morgan fingerprint density at radius 1 is 1.41 bits per heavy atom. The van der Waals surface area contributed by atoms with E-state index in [1.165, 1.54) is 12.1 Å². The second kappa shape index (κ2) is 5.03. The van der Waals surface area contributed by atoms with E-state index in [0.29, 0.717) is 6.54 Å². The van der Waals surface area contributed by atoms with Gasteiger partial charge >= 0.3 is 0 Å². The van der Waals surface area contributed by atoms with Crippen LogP contribution in [0.1, 0.15) is 17.0 Å². The normalized spacial score (nSPS) is 10.6. The summed E-state index contributed by atoms with van der Waals surface area (Å²) in [5, 5.41) is 7.14. The molecule has 90 valence electrons. The Kier molecular flexibility index (Phi) is 3.66. The fourth-order valence-corrected chi connectivity index (χ4v) is 2.24. The minimum atomic E-state index is -0.225. The van der Waals surface area contributed by atoms with Crippen molar-refractivity contribution in [2.45, 2.75) is 20.4 Å². The smallest absolute Gasteiger partial charge is 0.138 e. The van der Waals surface area contributed by atoms with Gasteiger partial charge in [0.2, 0.25) is 0 Å². The number of anilines is 1. The Labute approximate surface area is 113 Å². The Morgan fingerprint density at radius 3 is 2.76 bits per heavy atom. The van der Waals surface area contributed by atoms with Crippen LogP contribution in [-0.2, 0) is 6.54 Å².